The van der Waals surface area contributed by atoms with Crippen LogP contribution in [0.1, 0.15) is 29.7 Å². The number of hydrogen-bond donors (Lipinski definition) is 1. The number of hydrogen-bond acceptors (Lipinski definition) is 3. The molecule has 21 heavy (non-hydrogen) atoms. The third kappa shape index (κ3) is 2.76. The Labute approximate surface area is 131 Å². The van der Waals surface area contributed by atoms with Gasteiger partial charge in [0.25, 0.3) is 0 Å². The third-order valence-corrected chi connectivity index (χ3v) is 4.38. The molecule has 3 rings (SSSR count). The van der Waals surface area contributed by atoms with Gasteiger partial charge in [-0.2, -0.15) is 0 Å². The Bertz CT molecular complexity index is 677. The van der Waals surface area contributed by atoms with E-state index in [1.54, 1.807) is 13.2 Å². The molecule has 1 aliphatic heterocycles. The van der Waals surface area contributed by atoms with Gasteiger partial charge in [-0.3, -0.25) is 0 Å². The molecule has 110 valence electrons. The van der Waals surface area contributed by atoms with Gasteiger partial charge in [-0.1, -0.05) is 22.0 Å². The van der Waals surface area contributed by atoms with E-state index in [2.05, 4.69) is 15.9 Å². The van der Waals surface area contributed by atoms with Crippen molar-refractivity contribution in [3.8, 4) is 11.5 Å². The monoisotopic (exact) mass is 351 g/mol. The third-order valence-electron chi connectivity index (χ3n) is 3.66. The predicted molar refractivity (Wildman–Crippen MR) is 82.0 cm³/mol. The van der Waals surface area contributed by atoms with Crippen LogP contribution in [0.2, 0.25) is 0 Å². The number of benzene rings is 2. The Morgan fingerprint density at radius 2 is 2.05 bits per heavy atom. The maximum Gasteiger partial charge on any atom is 0.128 e. The highest BCUT2D eigenvalue weighted by Gasteiger charge is 2.28. The van der Waals surface area contributed by atoms with E-state index >= 15 is 0 Å². The molecule has 2 atom stereocenters. The van der Waals surface area contributed by atoms with Crippen molar-refractivity contribution in [1.29, 1.82) is 0 Å². The lowest BCUT2D eigenvalue weighted by Gasteiger charge is -2.31. The lowest BCUT2D eigenvalue weighted by atomic mass is 9.93. The van der Waals surface area contributed by atoms with Gasteiger partial charge >= 0.3 is 0 Å². The fourth-order valence-corrected chi connectivity index (χ4v) is 3.06. The van der Waals surface area contributed by atoms with E-state index in [0.717, 1.165) is 15.6 Å². The molecular weight excluding hydrogens is 337 g/mol. The Kier molecular flexibility index (Phi) is 3.87. The van der Waals surface area contributed by atoms with Crippen molar-refractivity contribution < 1.29 is 13.9 Å². The summed E-state index contributed by atoms with van der Waals surface area (Å²) < 4.78 is 25.5. The molecule has 5 heteroatoms. The zero-order chi connectivity index (χ0) is 15.0. The van der Waals surface area contributed by atoms with E-state index in [4.69, 9.17) is 15.2 Å². The molecule has 0 spiro atoms. The van der Waals surface area contributed by atoms with Crippen LogP contribution in [0.3, 0.4) is 0 Å². The number of fused-ring (bicyclic) bond motifs is 1. The van der Waals surface area contributed by atoms with Crippen LogP contribution in [-0.4, -0.2) is 7.11 Å². The minimum absolute atomic E-state index is 0.153. The second-order valence-electron chi connectivity index (χ2n) is 5.02. The van der Waals surface area contributed by atoms with Crippen molar-refractivity contribution >= 4 is 15.9 Å². The zero-order valence-electron chi connectivity index (χ0n) is 11.5. The summed E-state index contributed by atoms with van der Waals surface area (Å²) in [5.74, 6) is 1.11. The Balaban J connectivity index is 1.98. The summed E-state index contributed by atoms with van der Waals surface area (Å²) in [6.45, 7) is 0. The van der Waals surface area contributed by atoms with Crippen LogP contribution < -0.4 is 15.2 Å². The molecule has 1 heterocycles. The van der Waals surface area contributed by atoms with E-state index in [-0.39, 0.29) is 18.0 Å². The quantitative estimate of drug-likeness (QED) is 0.884. The average molecular weight is 352 g/mol. The summed E-state index contributed by atoms with van der Waals surface area (Å²) in [4.78, 5) is 0. The first-order chi connectivity index (χ1) is 10.1. The van der Waals surface area contributed by atoms with Crippen LogP contribution in [0.5, 0.6) is 11.5 Å². The molecule has 0 saturated heterocycles. The molecule has 0 radical (unpaired) electrons. The molecule has 0 fully saturated rings. The largest absolute Gasteiger partial charge is 0.497 e. The summed E-state index contributed by atoms with van der Waals surface area (Å²) in [7, 11) is 1.60. The zero-order valence-corrected chi connectivity index (χ0v) is 13.1. The van der Waals surface area contributed by atoms with Crippen LogP contribution in [0.4, 0.5) is 4.39 Å². The van der Waals surface area contributed by atoms with Crippen molar-refractivity contribution in [3.05, 3.63) is 57.8 Å². The topological polar surface area (TPSA) is 44.5 Å². The minimum Gasteiger partial charge on any atom is -0.497 e. The highest BCUT2D eigenvalue weighted by atomic mass is 79.9. The normalized spacial score (nSPS) is 20.6. The van der Waals surface area contributed by atoms with Crippen molar-refractivity contribution in [2.75, 3.05) is 7.11 Å². The molecule has 0 aliphatic carbocycles. The van der Waals surface area contributed by atoms with Crippen molar-refractivity contribution in [2.45, 2.75) is 18.6 Å². The lowest BCUT2D eigenvalue weighted by molar-refractivity contribution is 0.160. The van der Waals surface area contributed by atoms with E-state index < -0.39 is 0 Å². The predicted octanol–water partition coefficient (Wildman–Crippen LogP) is 4.12. The van der Waals surface area contributed by atoms with Gasteiger partial charge in [-0.05, 0) is 24.3 Å². The highest BCUT2D eigenvalue weighted by molar-refractivity contribution is 9.10. The van der Waals surface area contributed by atoms with Crippen LogP contribution in [0, 0.1) is 5.82 Å². The average Bonchev–Trinajstić information content (AvgIpc) is 2.49. The summed E-state index contributed by atoms with van der Waals surface area (Å²) >= 11 is 3.44. The maximum absolute atomic E-state index is 13.5. The molecule has 0 amide bonds. The Hall–Kier alpha value is -1.59. The fourth-order valence-electron chi connectivity index (χ4n) is 2.56. The molecular formula is C16H15BrFNO2. The maximum atomic E-state index is 13.5. The number of ether oxygens (including phenoxy) is 2. The van der Waals surface area contributed by atoms with Gasteiger partial charge in [-0.25, -0.2) is 4.39 Å². The summed E-state index contributed by atoms with van der Waals surface area (Å²) in [6.07, 6.45) is 0.311. The van der Waals surface area contributed by atoms with Crippen molar-refractivity contribution in [1.82, 2.24) is 0 Å². The van der Waals surface area contributed by atoms with Crippen LogP contribution >= 0.6 is 15.9 Å². The van der Waals surface area contributed by atoms with Crippen LogP contribution in [0.15, 0.2) is 40.9 Å². The number of methoxy groups -OCH3 is 1. The standard InChI is InChI=1S/C16H15BrFNO2/c1-20-10-3-4-11-14(19)8-16(21-15(11)7-10)12-6-9(18)2-5-13(12)17/h2-7,14,16H,8,19H2,1H3. The molecule has 0 saturated carbocycles. The molecule has 2 unspecified atom stereocenters. The SMILES string of the molecule is COc1ccc2c(c1)OC(c1cc(F)ccc1Br)CC2N. The molecule has 1 aliphatic rings. The van der Waals surface area contributed by atoms with E-state index in [9.17, 15) is 4.39 Å². The van der Waals surface area contributed by atoms with Gasteiger partial charge in [0, 0.05) is 34.1 Å². The van der Waals surface area contributed by atoms with Crippen LogP contribution in [0.25, 0.3) is 0 Å². The highest BCUT2D eigenvalue weighted by Crippen LogP contribution is 2.42. The number of halogens is 2. The van der Waals surface area contributed by atoms with E-state index in [1.165, 1.54) is 12.1 Å². The van der Waals surface area contributed by atoms with Crippen LogP contribution in [-0.2, 0) is 0 Å². The molecule has 3 nitrogen and oxygen atoms in total. The van der Waals surface area contributed by atoms with Gasteiger partial charge in [0.05, 0.1) is 7.11 Å². The molecule has 0 aromatic heterocycles. The molecule has 2 N–H and O–H groups in total. The fraction of sp³-hybridized carbons (Fsp3) is 0.250. The first-order valence-electron chi connectivity index (χ1n) is 6.63. The van der Waals surface area contributed by atoms with E-state index in [1.807, 2.05) is 18.2 Å². The van der Waals surface area contributed by atoms with Gasteiger partial charge < -0.3 is 15.2 Å². The minimum atomic E-state index is -0.290. The van der Waals surface area contributed by atoms with Gasteiger partial charge in [0.2, 0.25) is 0 Å². The van der Waals surface area contributed by atoms with Gasteiger partial charge in [0.15, 0.2) is 0 Å². The number of rotatable bonds is 2. The summed E-state index contributed by atoms with van der Waals surface area (Å²) in [5, 5.41) is 0. The number of nitrogens with two attached hydrogens (primary N) is 1. The van der Waals surface area contributed by atoms with Crippen molar-refractivity contribution in [2.24, 2.45) is 5.73 Å². The molecule has 0 bridgehead atoms. The Morgan fingerprint density at radius 3 is 2.81 bits per heavy atom. The van der Waals surface area contributed by atoms with E-state index in [0.29, 0.717) is 17.9 Å². The smallest absolute Gasteiger partial charge is 0.128 e. The second-order valence-corrected chi connectivity index (χ2v) is 5.87. The second kappa shape index (κ2) is 5.66. The summed E-state index contributed by atoms with van der Waals surface area (Å²) in [6, 6.07) is 10.0. The molecule has 2 aromatic carbocycles. The lowest BCUT2D eigenvalue weighted by Crippen LogP contribution is -2.24. The Morgan fingerprint density at radius 1 is 1.24 bits per heavy atom. The van der Waals surface area contributed by atoms with Gasteiger partial charge in [0.1, 0.15) is 23.4 Å². The first-order valence-corrected chi connectivity index (χ1v) is 7.43. The van der Waals surface area contributed by atoms with Crippen molar-refractivity contribution in [3.63, 3.8) is 0 Å². The molecule has 2 aromatic rings. The summed E-state index contributed by atoms with van der Waals surface area (Å²) in [5.41, 5.74) is 7.93. The van der Waals surface area contributed by atoms with Gasteiger partial charge in [-0.15, -0.1) is 0 Å². The first kappa shape index (κ1) is 14.4.